The number of carbonyl (C=O) groups excluding carboxylic acids is 1. The molecule has 0 N–H and O–H groups in total. The smallest absolute Gasteiger partial charge is 0.226 e. The molecule has 192 valence electrons. The van der Waals surface area contributed by atoms with Gasteiger partial charge in [0, 0.05) is 37.3 Å². The molecule has 35 heavy (non-hydrogen) atoms. The number of piperidine rings is 1. The third-order valence-electron chi connectivity index (χ3n) is 9.45. The van der Waals surface area contributed by atoms with E-state index < -0.39 is 24.0 Å². The first-order valence-electron chi connectivity index (χ1n) is 13.5. The molecule has 0 radical (unpaired) electrons. The second-order valence-electron chi connectivity index (χ2n) is 11.9. The highest BCUT2D eigenvalue weighted by Gasteiger charge is 2.72. The van der Waals surface area contributed by atoms with Gasteiger partial charge in [-0.1, -0.05) is 32.9 Å². The fourth-order valence-electron chi connectivity index (χ4n) is 7.18. The van der Waals surface area contributed by atoms with Crippen molar-refractivity contribution in [3.8, 4) is 5.75 Å². The standard InChI is InChI=1S/C28H39NO6/c1-17-11-13-29(14-12-17)24(30)15-20-6-8-21(9-7-20)31-25-19(3)22-10-5-18(2)23-16-27(4)33-26(32-25)28(22,23)35-34-27/h6-9,17-19,22-23,25-26H,5,10-16H2,1-4H3/t18-,19-,22?,23?,25+,26-,27+,28+/m1/s1. The van der Waals surface area contributed by atoms with Crippen LogP contribution in [0, 0.1) is 29.6 Å². The van der Waals surface area contributed by atoms with Crippen molar-refractivity contribution in [3.05, 3.63) is 29.8 Å². The van der Waals surface area contributed by atoms with Crippen LogP contribution in [0.3, 0.4) is 0 Å². The molecule has 2 unspecified atom stereocenters. The quantitative estimate of drug-likeness (QED) is 0.577. The van der Waals surface area contributed by atoms with Crippen LogP contribution in [0.2, 0.25) is 0 Å². The number of ether oxygens (including phenoxy) is 3. The molecule has 6 fully saturated rings. The van der Waals surface area contributed by atoms with Crippen LogP contribution in [-0.4, -0.2) is 47.9 Å². The number of nitrogens with zero attached hydrogens (tertiary/aromatic N) is 1. The van der Waals surface area contributed by atoms with Gasteiger partial charge in [-0.3, -0.25) is 4.79 Å². The van der Waals surface area contributed by atoms with Crippen molar-refractivity contribution < 1.29 is 28.8 Å². The third kappa shape index (κ3) is 3.99. The number of carbonyl (C=O) groups is 1. The highest BCUT2D eigenvalue weighted by Crippen LogP contribution is 2.62. The Morgan fingerprint density at radius 1 is 1.03 bits per heavy atom. The monoisotopic (exact) mass is 485 g/mol. The molecule has 1 aliphatic carbocycles. The van der Waals surface area contributed by atoms with E-state index in [1.54, 1.807) is 0 Å². The van der Waals surface area contributed by atoms with E-state index in [9.17, 15) is 4.79 Å². The summed E-state index contributed by atoms with van der Waals surface area (Å²) in [6.45, 7) is 10.4. The highest BCUT2D eigenvalue weighted by molar-refractivity contribution is 5.78. The second-order valence-corrected chi connectivity index (χ2v) is 11.9. The maximum Gasteiger partial charge on any atom is 0.226 e. The summed E-state index contributed by atoms with van der Waals surface area (Å²) in [7, 11) is 0. The molecule has 1 aromatic rings. The zero-order chi connectivity index (χ0) is 24.4. The van der Waals surface area contributed by atoms with Crippen LogP contribution >= 0.6 is 0 Å². The average Bonchev–Trinajstić information content (AvgIpc) is 2.84. The Labute approximate surface area is 208 Å². The molecule has 6 aliphatic rings. The molecule has 7 nitrogen and oxygen atoms in total. The number of hydrogen-bond donors (Lipinski definition) is 0. The van der Waals surface area contributed by atoms with E-state index >= 15 is 0 Å². The van der Waals surface area contributed by atoms with Crippen LogP contribution in [0.4, 0.5) is 0 Å². The Bertz CT molecular complexity index is 945. The molecule has 1 spiro atoms. The maximum atomic E-state index is 12.7. The van der Waals surface area contributed by atoms with Crippen molar-refractivity contribution in [2.45, 2.75) is 90.2 Å². The van der Waals surface area contributed by atoms with Gasteiger partial charge < -0.3 is 19.1 Å². The summed E-state index contributed by atoms with van der Waals surface area (Å²) in [5.41, 5.74) is 0.443. The summed E-state index contributed by atoms with van der Waals surface area (Å²) in [6.07, 6.45) is 4.73. The van der Waals surface area contributed by atoms with E-state index in [2.05, 4.69) is 20.8 Å². The Morgan fingerprint density at radius 2 is 1.77 bits per heavy atom. The van der Waals surface area contributed by atoms with Gasteiger partial charge in [0.05, 0.1) is 6.42 Å². The van der Waals surface area contributed by atoms with Crippen LogP contribution in [-0.2, 0) is 30.5 Å². The Balaban J connectivity index is 1.13. The minimum absolute atomic E-state index is 0.124. The van der Waals surface area contributed by atoms with Gasteiger partial charge in [0.1, 0.15) is 5.75 Å². The summed E-state index contributed by atoms with van der Waals surface area (Å²) in [5.74, 6) is 2.14. The van der Waals surface area contributed by atoms with Gasteiger partial charge >= 0.3 is 0 Å². The first kappa shape index (κ1) is 23.7. The summed E-state index contributed by atoms with van der Waals surface area (Å²) in [5, 5.41) is 0. The Hall–Kier alpha value is -1.67. The second kappa shape index (κ2) is 8.72. The molecule has 1 saturated carbocycles. The largest absolute Gasteiger partial charge is 0.465 e. The number of fused-ring (bicyclic) bond motifs is 1. The molecule has 8 atom stereocenters. The van der Waals surface area contributed by atoms with E-state index in [0.29, 0.717) is 24.2 Å². The molecule has 7 heteroatoms. The number of amides is 1. The van der Waals surface area contributed by atoms with E-state index in [0.717, 1.165) is 50.1 Å². The van der Waals surface area contributed by atoms with Crippen molar-refractivity contribution >= 4 is 5.91 Å². The van der Waals surface area contributed by atoms with Crippen LogP contribution in [0.15, 0.2) is 24.3 Å². The topological polar surface area (TPSA) is 66.5 Å². The van der Waals surface area contributed by atoms with Gasteiger partial charge in [0.15, 0.2) is 11.9 Å². The number of hydrogen-bond acceptors (Lipinski definition) is 6. The van der Waals surface area contributed by atoms with Crippen LogP contribution < -0.4 is 4.74 Å². The first-order valence-corrected chi connectivity index (χ1v) is 13.5. The van der Waals surface area contributed by atoms with Gasteiger partial charge in [0.25, 0.3) is 0 Å². The molecule has 5 heterocycles. The Morgan fingerprint density at radius 3 is 2.51 bits per heavy atom. The number of rotatable bonds is 4. The molecular weight excluding hydrogens is 446 g/mol. The lowest BCUT2D eigenvalue weighted by Gasteiger charge is -2.66. The lowest BCUT2D eigenvalue weighted by Crippen LogP contribution is -2.76. The van der Waals surface area contributed by atoms with Gasteiger partial charge in [0.2, 0.25) is 18.0 Å². The summed E-state index contributed by atoms with van der Waals surface area (Å²) >= 11 is 0. The molecule has 0 aromatic heterocycles. The van der Waals surface area contributed by atoms with Crippen LogP contribution in [0.25, 0.3) is 0 Å². The third-order valence-corrected chi connectivity index (χ3v) is 9.45. The maximum absolute atomic E-state index is 12.7. The number of benzene rings is 1. The van der Waals surface area contributed by atoms with E-state index in [1.807, 2.05) is 36.1 Å². The molecule has 5 aliphatic heterocycles. The molecule has 7 rings (SSSR count). The molecule has 1 aromatic carbocycles. The minimum Gasteiger partial charge on any atom is -0.465 e. The van der Waals surface area contributed by atoms with Crippen molar-refractivity contribution in [2.24, 2.45) is 29.6 Å². The first-order chi connectivity index (χ1) is 16.8. The van der Waals surface area contributed by atoms with Crippen LogP contribution in [0.1, 0.15) is 65.4 Å². The highest BCUT2D eigenvalue weighted by atomic mass is 17.3. The van der Waals surface area contributed by atoms with E-state index in [1.165, 1.54) is 6.42 Å². The molecular formula is C28H39NO6. The van der Waals surface area contributed by atoms with Crippen molar-refractivity contribution in [1.82, 2.24) is 4.90 Å². The minimum atomic E-state index is -0.779. The van der Waals surface area contributed by atoms with Gasteiger partial charge in [-0.25, -0.2) is 9.78 Å². The zero-order valence-corrected chi connectivity index (χ0v) is 21.4. The SMILES string of the molecule is CC1CCN(C(=O)Cc2ccc(O[C@H]3O[C@@H]4O[C@]5(C)CC6[C@H](C)CCC([C@H]3C)[C@]64OO5)cc2)CC1. The summed E-state index contributed by atoms with van der Waals surface area (Å²) in [4.78, 5) is 26.6. The predicted octanol–water partition coefficient (Wildman–Crippen LogP) is 4.68. The lowest BCUT2D eigenvalue weighted by molar-refractivity contribution is -0.614. The van der Waals surface area contributed by atoms with Crippen molar-refractivity contribution in [3.63, 3.8) is 0 Å². The normalized spacial score (nSPS) is 43.0. The van der Waals surface area contributed by atoms with Gasteiger partial charge in [-0.15, -0.1) is 0 Å². The zero-order valence-electron chi connectivity index (χ0n) is 21.4. The molecule has 5 saturated heterocycles. The Kier molecular flexibility index (Phi) is 5.91. The van der Waals surface area contributed by atoms with Crippen molar-refractivity contribution in [2.75, 3.05) is 13.1 Å². The van der Waals surface area contributed by atoms with Gasteiger partial charge in [-0.2, -0.15) is 0 Å². The molecule has 1 amide bonds. The fraction of sp³-hybridized carbons (Fsp3) is 0.750. The number of likely N-dealkylation sites (tertiary alicyclic amines) is 1. The predicted molar refractivity (Wildman–Crippen MR) is 128 cm³/mol. The van der Waals surface area contributed by atoms with Gasteiger partial charge in [-0.05, 0) is 62.1 Å². The lowest BCUT2D eigenvalue weighted by atomic mass is 9.56. The van der Waals surface area contributed by atoms with Crippen LogP contribution in [0.5, 0.6) is 5.75 Å². The summed E-state index contributed by atoms with van der Waals surface area (Å²) in [6, 6.07) is 7.87. The van der Waals surface area contributed by atoms with E-state index in [-0.39, 0.29) is 17.7 Å². The molecule has 2 bridgehead atoms. The van der Waals surface area contributed by atoms with E-state index in [4.69, 9.17) is 24.0 Å². The summed E-state index contributed by atoms with van der Waals surface area (Å²) < 4.78 is 19.1. The average molecular weight is 486 g/mol. The van der Waals surface area contributed by atoms with Crippen molar-refractivity contribution in [1.29, 1.82) is 0 Å². The fourth-order valence-corrected chi connectivity index (χ4v) is 7.18.